The minimum absolute atomic E-state index is 0.349. The zero-order chi connectivity index (χ0) is 11.7. The summed E-state index contributed by atoms with van der Waals surface area (Å²) in [6, 6.07) is 4.71. The summed E-state index contributed by atoms with van der Waals surface area (Å²) in [6.07, 6.45) is 1.04. The summed E-state index contributed by atoms with van der Waals surface area (Å²) in [5.74, 6) is 1.76. The minimum atomic E-state index is 0.349. The Balaban J connectivity index is 1.78. The Bertz CT molecular complexity index is 414. The van der Waals surface area contributed by atoms with Gasteiger partial charge in [-0.3, -0.25) is 0 Å². The van der Waals surface area contributed by atoms with Gasteiger partial charge in [0.1, 0.15) is 0 Å². The maximum atomic E-state index is 5.43. The summed E-state index contributed by atoms with van der Waals surface area (Å²) >= 11 is 0. The number of ether oxygens (including phenoxy) is 2. The summed E-state index contributed by atoms with van der Waals surface area (Å²) in [5, 5.41) is 6.94. The number of rotatable bonds is 2. The summed E-state index contributed by atoms with van der Waals surface area (Å²) in [4.78, 5) is 0. The van der Waals surface area contributed by atoms with Crippen molar-refractivity contribution in [3.05, 3.63) is 23.3 Å². The van der Waals surface area contributed by atoms with Gasteiger partial charge in [-0.05, 0) is 36.6 Å². The SMILES string of the molecule is Cc1cc2c(cc1CC1CNCCN1)OCO2. The molecule has 0 spiro atoms. The van der Waals surface area contributed by atoms with Crippen molar-refractivity contribution in [2.24, 2.45) is 0 Å². The topological polar surface area (TPSA) is 42.5 Å². The van der Waals surface area contributed by atoms with E-state index in [0.717, 1.165) is 37.6 Å². The fourth-order valence-corrected chi connectivity index (χ4v) is 2.43. The predicted octanol–water partition coefficient (Wildman–Crippen LogP) is 0.828. The monoisotopic (exact) mass is 234 g/mol. The third-order valence-corrected chi connectivity index (χ3v) is 3.42. The van der Waals surface area contributed by atoms with E-state index in [9.17, 15) is 0 Å². The van der Waals surface area contributed by atoms with Crippen molar-refractivity contribution in [2.75, 3.05) is 26.4 Å². The zero-order valence-corrected chi connectivity index (χ0v) is 10.1. The van der Waals surface area contributed by atoms with Gasteiger partial charge >= 0.3 is 0 Å². The van der Waals surface area contributed by atoms with Crippen molar-refractivity contribution in [1.82, 2.24) is 10.6 Å². The Labute approximate surface area is 101 Å². The first-order valence-electron chi connectivity index (χ1n) is 6.16. The Morgan fingerprint density at radius 3 is 2.82 bits per heavy atom. The summed E-state index contributed by atoms with van der Waals surface area (Å²) in [6.45, 7) is 5.63. The third-order valence-electron chi connectivity index (χ3n) is 3.42. The van der Waals surface area contributed by atoms with Crippen LogP contribution in [-0.2, 0) is 6.42 Å². The average Bonchev–Trinajstić information content (AvgIpc) is 2.78. The molecule has 2 heterocycles. The van der Waals surface area contributed by atoms with Crippen LogP contribution in [-0.4, -0.2) is 32.5 Å². The molecule has 1 aromatic rings. The second-order valence-electron chi connectivity index (χ2n) is 4.69. The lowest BCUT2D eigenvalue weighted by molar-refractivity contribution is 0.174. The summed E-state index contributed by atoms with van der Waals surface area (Å²) < 4.78 is 10.8. The minimum Gasteiger partial charge on any atom is -0.454 e. The fourth-order valence-electron chi connectivity index (χ4n) is 2.43. The molecule has 2 aliphatic heterocycles. The van der Waals surface area contributed by atoms with E-state index in [0.29, 0.717) is 12.8 Å². The van der Waals surface area contributed by atoms with Crippen LogP contribution in [0, 0.1) is 6.92 Å². The molecule has 0 aromatic heterocycles. The molecule has 0 saturated carbocycles. The number of benzene rings is 1. The van der Waals surface area contributed by atoms with Crippen LogP contribution in [0.2, 0.25) is 0 Å². The lowest BCUT2D eigenvalue weighted by atomic mass is 9.99. The number of nitrogens with one attached hydrogen (secondary N) is 2. The number of fused-ring (bicyclic) bond motifs is 1. The molecule has 0 amide bonds. The highest BCUT2D eigenvalue weighted by molar-refractivity contribution is 5.48. The van der Waals surface area contributed by atoms with Gasteiger partial charge < -0.3 is 20.1 Å². The molecule has 0 bridgehead atoms. The standard InChI is InChI=1S/C13H18N2O2/c1-9-4-12-13(17-8-16-12)6-10(9)5-11-7-14-2-3-15-11/h4,6,11,14-15H,2-3,5,7-8H2,1H3. The Morgan fingerprint density at radius 1 is 1.24 bits per heavy atom. The first kappa shape index (κ1) is 10.9. The largest absolute Gasteiger partial charge is 0.454 e. The maximum absolute atomic E-state index is 5.43. The van der Waals surface area contributed by atoms with E-state index in [2.05, 4.69) is 29.7 Å². The van der Waals surface area contributed by atoms with Crippen molar-refractivity contribution in [3.63, 3.8) is 0 Å². The van der Waals surface area contributed by atoms with Crippen molar-refractivity contribution in [3.8, 4) is 11.5 Å². The average molecular weight is 234 g/mol. The van der Waals surface area contributed by atoms with E-state index in [1.165, 1.54) is 11.1 Å². The smallest absolute Gasteiger partial charge is 0.231 e. The number of piperazine rings is 1. The van der Waals surface area contributed by atoms with Crippen LogP contribution in [0.25, 0.3) is 0 Å². The highest BCUT2D eigenvalue weighted by atomic mass is 16.7. The van der Waals surface area contributed by atoms with Crippen LogP contribution >= 0.6 is 0 Å². The summed E-state index contributed by atoms with van der Waals surface area (Å²) in [7, 11) is 0. The van der Waals surface area contributed by atoms with Gasteiger partial charge in [0.25, 0.3) is 0 Å². The second-order valence-corrected chi connectivity index (χ2v) is 4.69. The molecule has 0 aliphatic carbocycles. The Morgan fingerprint density at radius 2 is 2.06 bits per heavy atom. The molecule has 2 N–H and O–H groups in total. The van der Waals surface area contributed by atoms with Gasteiger partial charge in [0.2, 0.25) is 6.79 Å². The highest BCUT2D eigenvalue weighted by Crippen LogP contribution is 2.34. The zero-order valence-electron chi connectivity index (χ0n) is 10.1. The van der Waals surface area contributed by atoms with E-state index < -0.39 is 0 Å². The molecule has 1 atom stereocenters. The molecule has 1 aromatic carbocycles. The van der Waals surface area contributed by atoms with Crippen molar-refractivity contribution >= 4 is 0 Å². The molecule has 1 saturated heterocycles. The van der Waals surface area contributed by atoms with Gasteiger partial charge in [-0.2, -0.15) is 0 Å². The van der Waals surface area contributed by atoms with Gasteiger partial charge in [0, 0.05) is 25.7 Å². The lowest BCUT2D eigenvalue weighted by Crippen LogP contribution is -2.49. The van der Waals surface area contributed by atoms with Gasteiger partial charge in [-0.15, -0.1) is 0 Å². The molecule has 0 radical (unpaired) electrons. The molecule has 4 nitrogen and oxygen atoms in total. The van der Waals surface area contributed by atoms with Gasteiger partial charge in [-0.1, -0.05) is 0 Å². The number of hydrogen-bond acceptors (Lipinski definition) is 4. The normalized spacial score (nSPS) is 22.8. The van der Waals surface area contributed by atoms with E-state index in [4.69, 9.17) is 9.47 Å². The molecule has 17 heavy (non-hydrogen) atoms. The number of aryl methyl sites for hydroxylation is 1. The van der Waals surface area contributed by atoms with Crippen molar-refractivity contribution < 1.29 is 9.47 Å². The fraction of sp³-hybridized carbons (Fsp3) is 0.538. The van der Waals surface area contributed by atoms with Crippen LogP contribution in [0.4, 0.5) is 0 Å². The van der Waals surface area contributed by atoms with Crippen LogP contribution < -0.4 is 20.1 Å². The first-order chi connectivity index (χ1) is 8.33. The maximum Gasteiger partial charge on any atom is 0.231 e. The quantitative estimate of drug-likeness (QED) is 0.795. The molecule has 4 heteroatoms. The van der Waals surface area contributed by atoms with Crippen LogP contribution in [0.3, 0.4) is 0 Å². The molecule has 1 fully saturated rings. The van der Waals surface area contributed by atoms with E-state index in [-0.39, 0.29) is 0 Å². The van der Waals surface area contributed by atoms with E-state index in [1.54, 1.807) is 0 Å². The van der Waals surface area contributed by atoms with Gasteiger partial charge in [0.05, 0.1) is 0 Å². The Hall–Kier alpha value is -1.26. The second kappa shape index (κ2) is 4.55. The lowest BCUT2D eigenvalue weighted by Gasteiger charge is -2.25. The molecule has 3 rings (SSSR count). The van der Waals surface area contributed by atoms with E-state index in [1.807, 2.05) is 0 Å². The predicted molar refractivity (Wildman–Crippen MR) is 65.7 cm³/mol. The molecular formula is C13H18N2O2. The highest BCUT2D eigenvalue weighted by Gasteiger charge is 2.18. The molecule has 2 aliphatic rings. The van der Waals surface area contributed by atoms with Crippen LogP contribution in [0.5, 0.6) is 11.5 Å². The number of hydrogen-bond donors (Lipinski definition) is 2. The van der Waals surface area contributed by atoms with Crippen LogP contribution in [0.1, 0.15) is 11.1 Å². The van der Waals surface area contributed by atoms with Crippen molar-refractivity contribution in [1.29, 1.82) is 0 Å². The molecule has 1 unspecified atom stereocenters. The molecule has 92 valence electrons. The van der Waals surface area contributed by atoms with E-state index >= 15 is 0 Å². The molecular weight excluding hydrogens is 216 g/mol. The van der Waals surface area contributed by atoms with Gasteiger partial charge in [-0.25, -0.2) is 0 Å². The van der Waals surface area contributed by atoms with Crippen molar-refractivity contribution in [2.45, 2.75) is 19.4 Å². The van der Waals surface area contributed by atoms with Crippen LogP contribution in [0.15, 0.2) is 12.1 Å². The van der Waals surface area contributed by atoms with Gasteiger partial charge in [0.15, 0.2) is 11.5 Å². The first-order valence-corrected chi connectivity index (χ1v) is 6.16. The third kappa shape index (κ3) is 2.23. The summed E-state index contributed by atoms with van der Waals surface area (Å²) in [5.41, 5.74) is 2.62. The Kier molecular flexibility index (Phi) is 2.91.